The van der Waals surface area contributed by atoms with E-state index >= 15 is 0 Å². The second-order valence-corrected chi connectivity index (χ2v) is 6.33. The molecule has 3 rings (SSSR count). The normalized spacial score (nSPS) is 20.8. The van der Waals surface area contributed by atoms with Crippen molar-refractivity contribution in [3.05, 3.63) is 47.1 Å². The number of hydrogen-bond donors (Lipinski definition) is 0. The van der Waals surface area contributed by atoms with E-state index in [0.29, 0.717) is 23.8 Å². The Kier molecular flexibility index (Phi) is 3.83. The summed E-state index contributed by atoms with van der Waals surface area (Å²) in [7, 11) is 0. The zero-order valence-corrected chi connectivity index (χ0v) is 14.0. The van der Waals surface area contributed by atoms with Crippen LogP contribution in [0.3, 0.4) is 0 Å². The van der Waals surface area contributed by atoms with E-state index in [0.717, 1.165) is 24.2 Å². The summed E-state index contributed by atoms with van der Waals surface area (Å²) in [5.74, 6) is 1.31. The zero-order chi connectivity index (χ0) is 16.6. The van der Waals surface area contributed by atoms with Crippen molar-refractivity contribution in [2.24, 2.45) is 0 Å². The average molecular weight is 311 g/mol. The van der Waals surface area contributed by atoms with Gasteiger partial charge in [0.15, 0.2) is 5.82 Å². The molecule has 6 heteroatoms. The molecule has 0 spiro atoms. The molecule has 120 valence electrons. The zero-order valence-electron chi connectivity index (χ0n) is 14.0. The maximum Gasteiger partial charge on any atom is 0.257 e. The Balaban J connectivity index is 1.98. The van der Waals surface area contributed by atoms with Gasteiger partial charge in [-0.05, 0) is 46.6 Å². The predicted molar refractivity (Wildman–Crippen MR) is 85.9 cm³/mol. The van der Waals surface area contributed by atoms with Gasteiger partial charge in [0.25, 0.3) is 5.91 Å². The summed E-state index contributed by atoms with van der Waals surface area (Å²) in [5.41, 5.74) is 1.87. The van der Waals surface area contributed by atoms with Crippen molar-refractivity contribution in [3.8, 4) is 0 Å². The molecule has 0 saturated carbocycles. The van der Waals surface area contributed by atoms with Gasteiger partial charge in [0.05, 0.1) is 5.56 Å². The minimum Gasteiger partial charge on any atom is -0.326 e. The molecule has 6 nitrogen and oxygen atoms in total. The SMILES string of the molecule is Cc1cc(C)nc([C@]2(C)CCCN2C(=O)c2cnc(C)nc2)n1. The van der Waals surface area contributed by atoms with Gasteiger partial charge in [0, 0.05) is 30.3 Å². The molecular formula is C17H21N5O. The van der Waals surface area contributed by atoms with E-state index in [9.17, 15) is 4.79 Å². The lowest BCUT2D eigenvalue weighted by Gasteiger charge is -2.34. The molecule has 23 heavy (non-hydrogen) atoms. The van der Waals surface area contributed by atoms with Gasteiger partial charge in [0.1, 0.15) is 11.4 Å². The van der Waals surface area contributed by atoms with Crippen LogP contribution >= 0.6 is 0 Å². The quantitative estimate of drug-likeness (QED) is 0.851. The van der Waals surface area contributed by atoms with Crippen LogP contribution in [0.5, 0.6) is 0 Å². The Labute approximate surface area is 136 Å². The van der Waals surface area contributed by atoms with Crippen LogP contribution in [-0.2, 0) is 5.54 Å². The largest absolute Gasteiger partial charge is 0.326 e. The fourth-order valence-corrected chi connectivity index (χ4v) is 3.15. The number of carbonyl (C=O) groups excluding carboxylic acids is 1. The van der Waals surface area contributed by atoms with Crippen molar-refractivity contribution in [2.75, 3.05) is 6.54 Å². The van der Waals surface area contributed by atoms with Crippen LogP contribution in [0.2, 0.25) is 0 Å². The first-order valence-corrected chi connectivity index (χ1v) is 7.83. The van der Waals surface area contributed by atoms with Crippen molar-refractivity contribution in [2.45, 2.75) is 46.1 Å². The second kappa shape index (κ2) is 5.68. The molecule has 0 unspecified atom stereocenters. The number of aryl methyl sites for hydroxylation is 3. The van der Waals surface area contributed by atoms with Gasteiger partial charge < -0.3 is 4.90 Å². The highest BCUT2D eigenvalue weighted by Gasteiger charge is 2.43. The van der Waals surface area contributed by atoms with Crippen molar-refractivity contribution in [3.63, 3.8) is 0 Å². The molecule has 2 aromatic heterocycles. The maximum absolute atomic E-state index is 12.9. The molecule has 0 N–H and O–H groups in total. The van der Waals surface area contributed by atoms with Gasteiger partial charge in [-0.15, -0.1) is 0 Å². The van der Waals surface area contributed by atoms with E-state index in [-0.39, 0.29) is 5.91 Å². The van der Waals surface area contributed by atoms with Crippen LogP contribution in [0, 0.1) is 20.8 Å². The molecule has 2 aromatic rings. The van der Waals surface area contributed by atoms with Crippen LogP contribution < -0.4 is 0 Å². The molecule has 1 saturated heterocycles. The van der Waals surface area contributed by atoms with E-state index in [1.165, 1.54) is 0 Å². The fraction of sp³-hybridized carbons (Fsp3) is 0.471. The molecule has 1 amide bonds. The van der Waals surface area contributed by atoms with E-state index in [1.807, 2.05) is 31.7 Å². The first-order chi connectivity index (χ1) is 10.9. The van der Waals surface area contributed by atoms with Gasteiger partial charge in [-0.2, -0.15) is 0 Å². The first-order valence-electron chi connectivity index (χ1n) is 7.83. The molecule has 0 bridgehead atoms. The van der Waals surface area contributed by atoms with Crippen molar-refractivity contribution >= 4 is 5.91 Å². The number of rotatable bonds is 2. The van der Waals surface area contributed by atoms with Crippen LogP contribution in [0.4, 0.5) is 0 Å². The second-order valence-electron chi connectivity index (χ2n) is 6.33. The highest BCUT2D eigenvalue weighted by atomic mass is 16.2. The number of aromatic nitrogens is 4. The average Bonchev–Trinajstić information content (AvgIpc) is 2.89. The number of carbonyl (C=O) groups is 1. The molecule has 1 aliphatic rings. The molecule has 1 atom stereocenters. The van der Waals surface area contributed by atoms with Gasteiger partial charge in [0.2, 0.25) is 0 Å². The lowest BCUT2D eigenvalue weighted by Crippen LogP contribution is -2.44. The van der Waals surface area contributed by atoms with E-state index in [1.54, 1.807) is 19.3 Å². The number of nitrogens with zero attached hydrogens (tertiary/aromatic N) is 5. The lowest BCUT2D eigenvalue weighted by molar-refractivity contribution is 0.0602. The van der Waals surface area contributed by atoms with Gasteiger partial charge in [-0.3, -0.25) is 4.79 Å². The summed E-state index contributed by atoms with van der Waals surface area (Å²) in [6.45, 7) is 8.45. The third-order valence-electron chi connectivity index (χ3n) is 4.38. The Hall–Kier alpha value is -2.37. The van der Waals surface area contributed by atoms with Crippen molar-refractivity contribution < 1.29 is 4.79 Å². The minimum atomic E-state index is -0.487. The number of amides is 1. The summed E-state index contributed by atoms with van der Waals surface area (Å²) in [5, 5.41) is 0. The monoisotopic (exact) mass is 311 g/mol. The number of hydrogen-bond acceptors (Lipinski definition) is 5. The van der Waals surface area contributed by atoms with E-state index < -0.39 is 5.54 Å². The molecule has 1 fully saturated rings. The summed E-state index contributed by atoms with van der Waals surface area (Å²) in [6.07, 6.45) is 4.97. The van der Waals surface area contributed by atoms with Gasteiger partial charge in [-0.25, -0.2) is 19.9 Å². The van der Waals surface area contributed by atoms with Gasteiger partial charge >= 0.3 is 0 Å². The third kappa shape index (κ3) is 2.81. The first kappa shape index (κ1) is 15.5. The predicted octanol–water partition coefficient (Wildman–Crippen LogP) is 2.34. The third-order valence-corrected chi connectivity index (χ3v) is 4.38. The van der Waals surface area contributed by atoms with E-state index in [4.69, 9.17) is 0 Å². The maximum atomic E-state index is 12.9. The molecule has 1 aliphatic heterocycles. The van der Waals surface area contributed by atoms with Crippen LogP contribution in [0.25, 0.3) is 0 Å². The van der Waals surface area contributed by atoms with Gasteiger partial charge in [-0.1, -0.05) is 0 Å². The van der Waals surface area contributed by atoms with E-state index in [2.05, 4.69) is 19.9 Å². The lowest BCUT2D eigenvalue weighted by atomic mass is 9.96. The smallest absolute Gasteiger partial charge is 0.257 e. The molecular weight excluding hydrogens is 290 g/mol. The fourth-order valence-electron chi connectivity index (χ4n) is 3.15. The molecule has 0 aliphatic carbocycles. The molecule has 0 aromatic carbocycles. The minimum absolute atomic E-state index is 0.0623. The highest BCUT2D eigenvalue weighted by Crippen LogP contribution is 2.37. The Bertz CT molecular complexity index is 723. The number of likely N-dealkylation sites (tertiary alicyclic amines) is 1. The van der Waals surface area contributed by atoms with Crippen molar-refractivity contribution in [1.29, 1.82) is 0 Å². The summed E-state index contributed by atoms with van der Waals surface area (Å²) >= 11 is 0. The Morgan fingerprint density at radius 3 is 2.35 bits per heavy atom. The summed E-state index contributed by atoms with van der Waals surface area (Å²) in [4.78, 5) is 32.2. The van der Waals surface area contributed by atoms with Crippen LogP contribution in [0.1, 0.15) is 53.2 Å². The standard InChI is InChI=1S/C17H21N5O/c1-11-8-12(2)21-16(20-11)17(4)6-5-7-22(17)15(23)14-9-18-13(3)19-10-14/h8-10H,5-7H2,1-4H3/t17-/m0/s1. The Morgan fingerprint density at radius 1 is 1.13 bits per heavy atom. The van der Waals surface area contributed by atoms with Crippen molar-refractivity contribution in [1.82, 2.24) is 24.8 Å². The highest BCUT2D eigenvalue weighted by molar-refractivity contribution is 5.94. The van der Waals surface area contributed by atoms with Crippen LogP contribution in [-0.4, -0.2) is 37.3 Å². The topological polar surface area (TPSA) is 71.9 Å². The summed E-state index contributed by atoms with van der Waals surface area (Å²) < 4.78 is 0. The molecule has 0 radical (unpaired) electrons. The Morgan fingerprint density at radius 2 is 1.74 bits per heavy atom. The van der Waals surface area contributed by atoms with Crippen LogP contribution in [0.15, 0.2) is 18.5 Å². The molecule has 3 heterocycles. The summed E-state index contributed by atoms with van der Waals surface area (Å²) in [6, 6.07) is 1.95.